The summed E-state index contributed by atoms with van der Waals surface area (Å²) in [6.07, 6.45) is 18.3. The Labute approximate surface area is 240 Å². The number of nitrogens with one attached hydrogen (secondary N) is 1. The van der Waals surface area contributed by atoms with Crippen molar-refractivity contribution in [1.29, 1.82) is 0 Å². The number of nitrogens with zero attached hydrogens (tertiary/aromatic N) is 1. The molecular formula is C37H42N2O. The van der Waals surface area contributed by atoms with Gasteiger partial charge in [0, 0.05) is 28.7 Å². The Morgan fingerprint density at radius 2 is 1.77 bits per heavy atom. The number of anilines is 2. The first kappa shape index (κ1) is 25.5. The summed E-state index contributed by atoms with van der Waals surface area (Å²) in [6, 6.07) is 17.4. The molecule has 0 saturated heterocycles. The Morgan fingerprint density at radius 3 is 2.58 bits per heavy atom. The van der Waals surface area contributed by atoms with Gasteiger partial charge in [-0.2, -0.15) is 0 Å². The summed E-state index contributed by atoms with van der Waals surface area (Å²) in [5.74, 6) is 2.69. The second kappa shape index (κ2) is 10.2. The van der Waals surface area contributed by atoms with E-state index in [0.717, 1.165) is 12.2 Å². The predicted molar refractivity (Wildman–Crippen MR) is 167 cm³/mol. The third-order valence-corrected chi connectivity index (χ3v) is 9.58. The van der Waals surface area contributed by atoms with Crippen LogP contribution in [0.25, 0.3) is 0 Å². The Kier molecular flexibility index (Phi) is 6.49. The lowest BCUT2D eigenvalue weighted by molar-refractivity contribution is 0.248. The summed E-state index contributed by atoms with van der Waals surface area (Å²) in [5.41, 5.74) is 11.2. The highest BCUT2D eigenvalue weighted by atomic mass is 16.5. The molecule has 40 heavy (non-hydrogen) atoms. The fourth-order valence-electron chi connectivity index (χ4n) is 7.56. The maximum Gasteiger partial charge on any atom is 0.134 e. The lowest BCUT2D eigenvalue weighted by Crippen LogP contribution is -2.44. The van der Waals surface area contributed by atoms with Crippen molar-refractivity contribution in [2.75, 3.05) is 10.2 Å². The van der Waals surface area contributed by atoms with Crippen LogP contribution in [0.2, 0.25) is 0 Å². The van der Waals surface area contributed by atoms with Crippen LogP contribution in [0.3, 0.4) is 0 Å². The van der Waals surface area contributed by atoms with Crippen molar-refractivity contribution >= 4 is 11.4 Å². The SMILES string of the molecule is CC(C)C1=CC(C2=CCCCC2)CC(C(C)C)=C1N1c2ccccc2NC1C1=CC=CC2c3ccccc3OC12. The third-order valence-electron chi connectivity index (χ3n) is 9.58. The molecule has 1 N–H and O–H groups in total. The summed E-state index contributed by atoms with van der Waals surface area (Å²) in [7, 11) is 0. The van der Waals surface area contributed by atoms with Gasteiger partial charge in [-0.25, -0.2) is 0 Å². The predicted octanol–water partition coefficient (Wildman–Crippen LogP) is 9.30. The van der Waals surface area contributed by atoms with E-state index in [1.54, 1.807) is 11.1 Å². The van der Waals surface area contributed by atoms with Crippen LogP contribution in [0.5, 0.6) is 5.75 Å². The second-order valence-electron chi connectivity index (χ2n) is 12.7. The molecule has 0 spiro atoms. The van der Waals surface area contributed by atoms with Gasteiger partial charge in [-0.05, 0) is 73.3 Å². The van der Waals surface area contributed by atoms with Crippen molar-refractivity contribution < 1.29 is 4.74 Å². The molecule has 3 aliphatic carbocycles. The first-order valence-electron chi connectivity index (χ1n) is 15.4. The highest BCUT2D eigenvalue weighted by Crippen LogP contribution is 2.51. The first-order valence-corrected chi connectivity index (χ1v) is 15.4. The largest absolute Gasteiger partial charge is 0.485 e. The maximum atomic E-state index is 6.69. The minimum atomic E-state index is -0.00461. The smallest absolute Gasteiger partial charge is 0.134 e. The minimum absolute atomic E-state index is 0.000471. The highest BCUT2D eigenvalue weighted by molar-refractivity contribution is 5.82. The fourth-order valence-corrected chi connectivity index (χ4v) is 7.56. The van der Waals surface area contributed by atoms with Crippen molar-refractivity contribution in [3.63, 3.8) is 0 Å². The van der Waals surface area contributed by atoms with E-state index in [2.05, 4.69) is 117 Å². The molecule has 0 aromatic heterocycles. The lowest BCUT2D eigenvalue weighted by atomic mass is 9.74. The Bertz CT molecular complexity index is 1470. The topological polar surface area (TPSA) is 24.5 Å². The molecule has 0 amide bonds. The zero-order valence-corrected chi connectivity index (χ0v) is 24.4. The molecule has 0 saturated carbocycles. The molecule has 5 aliphatic rings. The van der Waals surface area contributed by atoms with Gasteiger partial charge >= 0.3 is 0 Å². The molecule has 3 heteroatoms. The van der Waals surface area contributed by atoms with E-state index in [4.69, 9.17) is 4.74 Å². The minimum Gasteiger partial charge on any atom is -0.485 e. The number of hydrogen-bond donors (Lipinski definition) is 1. The van der Waals surface area contributed by atoms with Crippen molar-refractivity contribution in [1.82, 2.24) is 0 Å². The summed E-state index contributed by atoms with van der Waals surface area (Å²) in [4.78, 5) is 2.64. The van der Waals surface area contributed by atoms with Crippen LogP contribution >= 0.6 is 0 Å². The maximum absolute atomic E-state index is 6.69. The van der Waals surface area contributed by atoms with Gasteiger partial charge in [-0.1, -0.05) is 94.0 Å². The monoisotopic (exact) mass is 530 g/mol. The first-order chi connectivity index (χ1) is 19.5. The quantitative estimate of drug-likeness (QED) is 0.390. The molecule has 2 heterocycles. The van der Waals surface area contributed by atoms with Crippen molar-refractivity contribution in [2.45, 2.75) is 78.0 Å². The van der Waals surface area contributed by atoms with Crippen LogP contribution in [0.4, 0.5) is 11.4 Å². The average molecular weight is 531 g/mol. The van der Waals surface area contributed by atoms with Crippen LogP contribution in [0.15, 0.2) is 107 Å². The number of rotatable bonds is 5. The van der Waals surface area contributed by atoms with Crippen molar-refractivity contribution in [3.8, 4) is 5.75 Å². The molecule has 3 nitrogen and oxygen atoms in total. The summed E-state index contributed by atoms with van der Waals surface area (Å²) in [5, 5.41) is 3.96. The number of hydrogen-bond acceptors (Lipinski definition) is 3. The van der Waals surface area contributed by atoms with Crippen molar-refractivity contribution in [2.24, 2.45) is 17.8 Å². The molecule has 0 radical (unpaired) electrons. The van der Waals surface area contributed by atoms with Crippen LogP contribution in [-0.2, 0) is 0 Å². The summed E-state index contributed by atoms with van der Waals surface area (Å²) >= 11 is 0. The zero-order valence-electron chi connectivity index (χ0n) is 24.4. The number of para-hydroxylation sites is 3. The Hall–Kier alpha value is -3.46. The van der Waals surface area contributed by atoms with Crippen LogP contribution < -0.4 is 15.0 Å². The zero-order chi connectivity index (χ0) is 27.4. The van der Waals surface area contributed by atoms with Gasteiger partial charge in [0.05, 0.1) is 11.4 Å². The molecular weight excluding hydrogens is 488 g/mol. The Morgan fingerprint density at radius 1 is 0.950 bits per heavy atom. The molecule has 7 rings (SSSR count). The molecule has 4 atom stereocenters. The molecule has 2 aliphatic heterocycles. The number of allylic oxidation sites excluding steroid dienone is 7. The van der Waals surface area contributed by atoms with Gasteiger partial charge in [0.25, 0.3) is 0 Å². The Balaban J connectivity index is 1.35. The lowest BCUT2D eigenvalue weighted by Gasteiger charge is -2.41. The summed E-state index contributed by atoms with van der Waals surface area (Å²) in [6.45, 7) is 9.54. The van der Waals surface area contributed by atoms with Crippen LogP contribution in [-0.4, -0.2) is 12.3 Å². The molecule has 0 bridgehead atoms. The molecule has 2 aromatic carbocycles. The van der Waals surface area contributed by atoms with E-state index in [0.29, 0.717) is 17.8 Å². The van der Waals surface area contributed by atoms with E-state index in [1.165, 1.54) is 59.5 Å². The van der Waals surface area contributed by atoms with Gasteiger partial charge in [-0.15, -0.1) is 0 Å². The average Bonchev–Trinajstić information content (AvgIpc) is 3.55. The fraction of sp³-hybridized carbons (Fsp3) is 0.405. The van der Waals surface area contributed by atoms with Crippen molar-refractivity contribution in [3.05, 3.63) is 112 Å². The summed E-state index contributed by atoms with van der Waals surface area (Å²) < 4.78 is 6.69. The number of benzene rings is 2. The number of fused-ring (bicyclic) bond motifs is 4. The normalized spacial score (nSPS) is 27.1. The number of ether oxygens (including phenoxy) is 1. The van der Waals surface area contributed by atoms with E-state index >= 15 is 0 Å². The highest BCUT2D eigenvalue weighted by Gasteiger charge is 2.45. The van der Waals surface area contributed by atoms with Gasteiger partial charge in [-0.3, -0.25) is 0 Å². The molecule has 4 unspecified atom stereocenters. The van der Waals surface area contributed by atoms with Gasteiger partial charge in [0.1, 0.15) is 18.0 Å². The third kappa shape index (κ3) is 4.17. The molecule has 206 valence electrons. The molecule has 2 aromatic rings. The second-order valence-corrected chi connectivity index (χ2v) is 12.7. The van der Waals surface area contributed by atoms with E-state index in [9.17, 15) is 0 Å². The standard InChI is InChI=1S/C37H42N2O/c1-23(2)30-21-26(25-13-6-5-7-14-25)22-31(24(3)4)35(30)39-33-19-10-9-18-32(33)38-37(39)29-17-12-16-28-27-15-8-11-20-34(27)40-36(28)29/h8-13,15-21,23-24,26,28,36-38H,5-7,14,22H2,1-4H3. The van der Waals surface area contributed by atoms with Gasteiger partial charge in [0.15, 0.2) is 0 Å². The van der Waals surface area contributed by atoms with E-state index in [-0.39, 0.29) is 18.2 Å². The van der Waals surface area contributed by atoms with E-state index in [1.807, 2.05) is 0 Å². The van der Waals surface area contributed by atoms with Crippen LogP contribution in [0, 0.1) is 17.8 Å². The van der Waals surface area contributed by atoms with Crippen LogP contribution in [0.1, 0.15) is 71.3 Å². The van der Waals surface area contributed by atoms with E-state index < -0.39 is 0 Å². The van der Waals surface area contributed by atoms with Gasteiger partial charge < -0.3 is 15.0 Å². The van der Waals surface area contributed by atoms with Gasteiger partial charge in [0.2, 0.25) is 0 Å². The molecule has 0 fully saturated rings.